The van der Waals surface area contributed by atoms with Gasteiger partial charge in [-0.3, -0.25) is 9.59 Å². The molecule has 1 atom stereocenters. The molecule has 3 rings (SSSR count). The summed E-state index contributed by atoms with van der Waals surface area (Å²) < 4.78 is 5.89. The van der Waals surface area contributed by atoms with Crippen molar-refractivity contribution < 1.29 is 14.3 Å². The van der Waals surface area contributed by atoms with Crippen LogP contribution < -0.4 is 15.5 Å². The number of halogens is 2. The summed E-state index contributed by atoms with van der Waals surface area (Å²) in [6.07, 6.45) is 1.43. The van der Waals surface area contributed by atoms with Crippen molar-refractivity contribution in [2.24, 2.45) is 11.0 Å². The van der Waals surface area contributed by atoms with E-state index in [-0.39, 0.29) is 12.5 Å². The van der Waals surface area contributed by atoms with Gasteiger partial charge in [-0.1, -0.05) is 49.2 Å². The topological polar surface area (TPSA) is 104 Å². The average Bonchev–Trinajstić information content (AvgIpc) is 2.87. The second-order valence-corrected chi connectivity index (χ2v) is 9.09. The number of nitrogens with one attached hydrogen (secondary N) is 2. The lowest BCUT2D eigenvalue weighted by atomic mass is 10.0. The molecule has 1 unspecified atom stereocenters. The van der Waals surface area contributed by atoms with Gasteiger partial charge in [-0.15, -0.1) is 0 Å². The summed E-state index contributed by atoms with van der Waals surface area (Å²) in [5.74, 6) is -0.532. The molecule has 0 bridgehead atoms. The number of rotatable bonds is 9. The molecule has 0 aromatic heterocycles. The lowest BCUT2D eigenvalue weighted by Crippen LogP contribution is -2.48. The Bertz CT molecular complexity index is 1280. The predicted molar refractivity (Wildman–Crippen MR) is 140 cm³/mol. The van der Waals surface area contributed by atoms with Crippen LogP contribution in [0, 0.1) is 17.2 Å². The number of ether oxygens (including phenoxy) is 1. The monoisotopic (exact) mass is 522 g/mol. The van der Waals surface area contributed by atoms with Crippen LogP contribution in [0.1, 0.15) is 40.9 Å². The van der Waals surface area contributed by atoms with Crippen molar-refractivity contribution in [3.05, 3.63) is 99.0 Å². The lowest BCUT2D eigenvalue weighted by Gasteiger charge is -2.20. The van der Waals surface area contributed by atoms with Gasteiger partial charge in [0.05, 0.1) is 17.8 Å². The number of carbonyl (C=O) groups is 2. The molecule has 0 fully saturated rings. The highest BCUT2D eigenvalue weighted by Crippen LogP contribution is 2.22. The maximum atomic E-state index is 12.8. The van der Waals surface area contributed by atoms with Crippen LogP contribution in [0.2, 0.25) is 10.0 Å². The standard InChI is InChI=1S/C27H24Cl2N4O3/c1-17(2)25(32-26(34)20-7-9-22(28)10-8-20)27(35)33-31-15-21-13-23(29)11-12-24(21)36-16-19-5-3-18(14-30)4-6-19/h3-13,15,17,25H,16H2,1-2H3,(H,32,34)(H,33,35). The van der Waals surface area contributed by atoms with Gasteiger partial charge >= 0.3 is 0 Å². The second kappa shape index (κ2) is 12.7. The molecule has 0 saturated carbocycles. The van der Waals surface area contributed by atoms with E-state index in [4.69, 9.17) is 33.2 Å². The number of benzene rings is 3. The first-order valence-electron chi connectivity index (χ1n) is 11.1. The van der Waals surface area contributed by atoms with Crippen molar-refractivity contribution in [3.63, 3.8) is 0 Å². The van der Waals surface area contributed by atoms with Crippen LogP contribution in [-0.4, -0.2) is 24.1 Å². The summed E-state index contributed by atoms with van der Waals surface area (Å²) in [5, 5.41) is 16.7. The highest BCUT2D eigenvalue weighted by molar-refractivity contribution is 6.31. The number of hydrogen-bond donors (Lipinski definition) is 2. The molecule has 0 saturated heterocycles. The Morgan fingerprint density at radius 1 is 1.03 bits per heavy atom. The summed E-state index contributed by atoms with van der Waals surface area (Å²) in [6, 6.07) is 19.8. The van der Waals surface area contributed by atoms with Gasteiger partial charge in [-0.05, 0) is 66.1 Å². The average molecular weight is 523 g/mol. The third-order valence-corrected chi connectivity index (χ3v) is 5.66. The maximum absolute atomic E-state index is 12.8. The van der Waals surface area contributed by atoms with Crippen molar-refractivity contribution in [2.45, 2.75) is 26.5 Å². The number of amides is 2. The number of nitriles is 1. The van der Waals surface area contributed by atoms with E-state index in [1.165, 1.54) is 6.21 Å². The second-order valence-electron chi connectivity index (χ2n) is 8.22. The SMILES string of the molecule is CC(C)C(NC(=O)c1ccc(Cl)cc1)C(=O)NN=Cc1cc(Cl)ccc1OCc1ccc(C#N)cc1. The van der Waals surface area contributed by atoms with Crippen LogP contribution in [0.25, 0.3) is 0 Å². The van der Waals surface area contributed by atoms with Crippen molar-refractivity contribution in [1.29, 1.82) is 5.26 Å². The molecule has 0 aliphatic heterocycles. The molecular weight excluding hydrogens is 499 g/mol. The molecule has 0 heterocycles. The van der Waals surface area contributed by atoms with Gasteiger partial charge in [0.15, 0.2) is 0 Å². The fourth-order valence-corrected chi connectivity index (χ4v) is 3.49. The number of hydrazone groups is 1. The third-order valence-electron chi connectivity index (χ3n) is 5.17. The van der Waals surface area contributed by atoms with E-state index >= 15 is 0 Å². The van der Waals surface area contributed by atoms with Gasteiger partial charge in [0.1, 0.15) is 18.4 Å². The Balaban J connectivity index is 1.65. The van der Waals surface area contributed by atoms with Gasteiger partial charge in [0.2, 0.25) is 0 Å². The lowest BCUT2D eigenvalue weighted by molar-refractivity contribution is -0.123. The molecule has 0 radical (unpaired) electrons. The number of nitrogens with zero attached hydrogens (tertiary/aromatic N) is 2. The summed E-state index contributed by atoms with van der Waals surface area (Å²) in [4.78, 5) is 25.3. The van der Waals surface area contributed by atoms with Crippen molar-refractivity contribution in [1.82, 2.24) is 10.7 Å². The van der Waals surface area contributed by atoms with Crippen molar-refractivity contribution in [2.75, 3.05) is 0 Å². The fraction of sp³-hybridized carbons (Fsp3) is 0.185. The molecule has 2 amide bonds. The van der Waals surface area contributed by atoms with E-state index in [2.05, 4.69) is 21.9 Å². The van der Waals surface area contributed by atoms with Gasteiger partial charge in [-0.2, -0.15) is 10.4 Å². The van der Waals surface area contributed by atoms with Gasteiger partial charge in [0, 0.05) is 21.2 Å². The van der Waals surface area contributed by atoms with E-state index in [1.54, 1.807) is 54.6 Å². The number of carbonyl (C=O) groups excluding carboxylic acids is 2. The quantitative estimate of drug-likeness (QED) is 0.292. The first kappa shape index (κ1) is 26.7. The highest BCUT2D eigenvalue weighted by Gasteiger charge is 2.24. The minimum absolute atomic E-state index is 0.186. The largest absolute Gasteiger partial charge is 0.488 e. The molecule has 0 aliphatic rings. The van der Waals surface area contributed by atoms with Crippen LogP contribution in [0.15, 0.2) is 71.8 Å². The Kier molecular flexibility index (Phi) is 9.46. The molecule has 2 N–H and O–H groups in total. The smallest absolute Gasteiger partial charge is 0.262 e. The zero-order valence-corrected chi connectivity index (χ0v) is 21.2. The van der Waals surface area contributed by atoms with Crippen LogP contribution in [-0.2, 0) is 11.4 Å². The molecule has 3 aromatic rings. The minimum atomic E-state index is -0.809. The molecule has 3 aromatic carbocycles. The molecule has 184 valence electrons. The molecular formula is C27H24Cl2N4O3. The van der Waals surface area contributed by atoms with Gasteiger partial charge < -0.3 is 10.1 Å². The van der Waals surface area contributed by atoms with Crippen LogP contribution in [0.4, 0.5) is 0 Å². The van der Waals surface area contributed by atoms with Crippen LogP contribution in [0.5, 0.6) is 5.75 Å². The van der Waals surface area contributed by atoms with E-state index in [0.29, 0.717) is 32.5 Å². The Morgan fingerprint density at radius 2 is 1.69 bits per heavy atom. The summed E-state index contributed by atoms with van der Waals surface area (Å²) in [6.45, 7) is 3.91. The predicted octanol–water partition coefficient (Wildman–Crippen LogP) is 5.35. The van der Waals surface area contributed by atoms with E-state index in [1.807, 2.05) is 26.0 Å². The van der Waals surface area contributed by atoms with E-state index in [0.717, 1.165) is 5.56 Å². The van der Waals surface area contributed by atoms with E-state index < -0.39 is 17.9 Å². The summed E-state index contributed by atoms with van der Waals surface area (Å²) >= 11 is 12.0. The molecule has 0 spiro atoms. The Morgan fingerprint density at radius 3 is 2.33 bits per heavy atom. The summed E-state index contributed by atoms with van der Waals surface area (Å²) in [5.41, 5.74) is 4.88. The molecule has 0 aliphatic carbocycles. The van der Waals surface area contributed by atoms with Crippen LogP contribution in [0.3, 0.4) is 0 Å². The molecule has 36 heavy (non-hydrogen) atoms. The van der Waals surface area contributed by atoms with E-state index in [9.17, 15) is 9.59 Å². The minimum Gasteiger partial charge on any atom is -0.488 e. The highest BCUT2D eigenvalue weighted by atomic mass is 35.5. The zero-order chi connectivity index (χ0) is 26.1. The first-order chi connectivity index (χ1) is 17.3. The number of hydrogen-bond acceptors (Lipinski definition) is 5. The van der Waals surface area contributed by atoms with Crippen LogP contribution >= 0.6 is 23.2 Å². The van der Waals surface area contributed by atoms with Crippen molar-refractivity contribution >= 4 is 41.2 Å². The Hall–Kier alpha value is -3.86. The first-order valence-corrected chi connectivity index (χ1v) is 11.8. The maximum Gasteiger partial charge on any atom is 0.262 e. The van der Waals surface area contributed by atoms with Gasteiger partial charge in [-0.25, -0.2) is 5.43 Å². The fourth-order valence-electron chi connectivity index (χ4n) is 3.18. The molecule has 9 heteroatoms. The summed E-state index contributed by atoms with van der Waals surface area (Å²) in [7, 11) is 0. The zero-order valence-electron chi connectivity index (χ0n) is 19.7. The van der Waals surface area contributed by atoms with Crippen molar-refractivity contribution in [3.8, 4) is 11.8 Å². The molecule has 7 nitrogen and oxygen atoms in total. The normalized spacial score (nSPS) is 11.7. The third kappa shape index (κ3) is 7.57. The van der Waals surface area contributed by atoms with Gasteiger partial charge in [0.25, 0.3) is 11.8 Å². The Labute approximate surface area is 219 Å².